The van der Waals surface area contributed by atoms with Crippen molar-refractivity contribution in [3.8, 4) is 0 Å². The Kier molecular flexibility index (Phi) is 3.74. The maximum Gasteiger partial charge on any atom is 0.251 e. The molecule has 1 aromatic rings. The molecular formula is C13H18N2O2. The highest BCUT2D eigenvalue weighted by molar-refractivity contribution is 5.81. The predicted octanol–water partition coefficient (Wildman–Crippen LogP) is 1.78. The van der Waals surface area contributed by atoms with Crippen LogP contribution in [0.25, 0.3) is 0 Å². The Morgan fingerprint density at radius 2 is 2.24 bits per heavy atom. The highest BCUT2D eigenvalue weighted by atomic mass is 16.5. The second-order valence-corrected chi connectivity index (χ2v) is 4.35. The second-order valence-electron chi connectivity index (χ2n) is 4.35. The Labute approximate surface area is 102 Å². The van der Waals surface area contributed by atoms with E-state index in [0.717, 1.165) is 24.9 Å². The molecule has 0 aromatic carbocycles. The molecule has 4 nitrogen and oxygen atoms in total. The standard InChI is InChI=1S/C13H18N2O2/c1-10(17-2)13(16)15-9-3-4-12(15)11-5-7-14-8-6-11/h5-8,10,12H,3-4,9H2,1-2H3. The van der Waals surface area contributed by atoms with E-state index in [9.17, 15) is 4.79 Å². The quantitative estimate of drug-likeness (QED) is 0.800. The van der Waals surface area contributed by atoms with Gasteiger partial charge in [0.05, 0.1) is 6.04 Å². The van der Waals surface area contributed by atoms with Gasteiger partial charge in [-0.25, -0.2) is 0 Å². The van der Waals surface area contributed by atoms with Gasteiger partial charge in [0.2, 0.25) is 0 Å². The fraction of sp³-hybridized carbons (Fsp3) is 0.538. The highest BCUT2D eigenvalue weighted by Gasteiger charge is 2.32. The van der Waals surface area contributed by atoms with Crippen molar-refractivity contribution in [2.75, 3.05) is 13.7 Å². The summed E-state index contributed by atoms with van der Waals surface area (Å²) in [7, 11) is 1.57. The average molecular weight is 234 g/mol. The third-order valence-corrected chi connectivity index (χ3v) is 3.33. The first kappa shape index (κ1) is 12.0. The zero-order valence-corrected chi connectivity index (χ0v) is 10.3. The minimum atomic E-state index is -0.363. The summed E-state index contributed by atoms with van der Waals surface area (Å²) in [6.07, 6.45) is 5.26. The molecule has 2 atom stereocenters. The van der Waals surface area contributed by atoms with Crippen molar-refractivity contribution < 1.29 is 9.53 Å². The number of pyridine rings is 1. The van der Waals surface area contributed by atoms with Crippen molar-refractivity contribution in [2.45, 2.75) is 31.9 Å². The van der Waals surface area contributed by atoms with Gasteiger partial charge in [-0.2, -0.15) is 0 Å². The van der Waals surface area contributed by atoms with Crippen LogP contribution < -0.4 is 0 Å². The molecule has 2 heterocycles. The third-order valence-electron chi connectivity index (χ3n) is 3.33. The number of rotatable bonds is 3. The summed E-state index contributed by atoms with van der Waals surface area (Å²) in [5, 5.41) is 0. The monoisotopic (exact) mass is 234 g/mol. The van der Waals surface area contributed by atoms with E-state index >= 15 is 0 Å². The fourth-order valence-corrected chi connectivity index (χ4v) is 2.30. The lowest BCUT2D eigenvalue weighted by Crippen LogP contribution is -2.38. The van der Waals surface area contributed by atoms with E-state index < -0.39 is 0 Å². The molecule has 0 N–H and O–H groups in total. The Hall–Kier alpha value is -1.42. The number of methoxy groups -OCH3 is 1. The number of hydrogen-bond donors (Lipinski definition) is 0. The number of carbonyl (C=O) groups excluding carboxylic acids is 1. The van der Waals surface area contributed by atoms with Crippen LogP contribution in [0.15, 0.2) is 24.5 Å². The van der Waals surface area contributed by atoms with Crippen LogP contribution in [-0.4, -0.2) is 35.5 Å². The number of carbonyl (C=O) groups is 1. The molecular weight excluding hydrogens is 216 g/mol. The highest BCUT2D eigenvalue weighted by Crippen LogP contribution is 2.32. The molecule has 92 valence electrons. The molecule has 2 unspecified atom stereocenters. The van der Waals surface area contributed by atoms with Crippen LogP contribution in [0.1, 0.15) is 31.4 Å². The number of ether oxygens (including phenoxy) is 1. The van der Waals surface area contributed by atoms with Crippen molar-refractivity contribution in [3.05, 3.63) is 30.1 Å². The van der Waals surface area contributed by atoms with Crippen LogP contribution in [0.5, 0.6) is 0 Å². The molecule has 1 aliphatic heterocycles. The summed E-state index contributed by atoms with van der Waals surface area (Å²) in [5.41, 5.74) is 1.16. The average Bonchev–Trinajstić information content (AvgIpc) is 2.87. The first-order valence-electron chi connectivity index (χ1n) is 5.97. The largest absolute Gasteiger partial charge is 0.372 e. The number of aromatic nitrogens is 1. The van der Waals surface area contributed by atoms with Gasteiger partial charge < -0.3 is 9.64 Å². The van der Waals surface area contributed by atoms with Gasteiger partial charge in [0.1, 0.15) is 6.10 Å². The molecule has 0 spiro atoms. The van der Waals surface area contributed by atoms with E-state index in [1.807, 2.05) is 17.0 Å². The van der Waals surface area contributed by atoms with Crippen LogP contribution >= 0.6 is 0 Å². The fourth-order valence-electron chi connectivity index (χ4n) is 2.30. The van der Waals surface area contributed by atoms with Crippen molar-refractivity contribution in [1.29, 1.82) is 0 Å². The van der Waals surface area contributed by atoms with Crippen LogP contribution in [0.2, 0.25) is 0 Å². The van der Waals surface area contributed by atoms with E-state index in [0.29, 0.717) is 0 Å². The number of amides is 1. The van der Waals surface area contributed by atoms with E-state index in [4.69, 9.17) is 4.74 Å². The SMILES string of the molecule is COC(C)C(=O)N1CCCC1c1ccncc1. The second kappa shape index (κ2) is 5.27. The molecule has 0 aliphatic carbocycles. The summed E-state index contributed by atoms with van der Waals surface area (Å²) in [6.45, 7) is 2.61. The van der Waals surface area contributed by atoms with Crippen molar-refractivity contribution in [2.24, 2.45) is 0 Å². The minimum absolute atomic E-state index is 0.0758. The summed E-state index contributed by atoms with van der Waals surface area (Å²) in [4.78, 5) is 18.1. The first-order chi connectivity index (χ1) is 8.24. The predicted molar refractivity (Wildman–Crippen MR) is 64.4 cm³/mol. The van der Waals surface area contributed by atoms with Crippen LogP contribution in [0, 0.1) is 0 Å². The van der Waals surface area contributed by atoms with Crippen molar-refractivity contribution in [3.63, 3.8) is 0 Å². The molecule has 1 aromatic heterocycles. The van der Waals surface area contributed by atoms with Gasteiger partial charge in [-0.05, 0) is 37.5 Å². The zero-order chi connectivity index (χ0) is 12.3. The lowest BCUT2D eigenvalue weighted by Gasteiger charge is -2.27. The molecule has 2 rings (SSSR count). The van der Waals surface area contributed by atoms with Gasteiger partial charge in [0.25, 0.3) is 5.91 Å². The van der Waals surface area contributed by atoms with E-state index in [2.05, 4.69) is 4.98 Å². The Morgan fingerprint density at radius 3 is 2.88 bits per heavy atom. The van der Waals surface area contributed by atoms with Gasteiger partial charge in [-0.3, -0.25) is 9.78 Å². The Bertz CT molecular complexity index is 380. The maximum atomic E-state index is 12.1. The molecule has 1 aliphatic rings. The summed E-state index contributed by atoms with van der Waals surface area (Å²) in [5.74, 6) is 0.0758. The topological polar surface area (TPSA) is 42.4 Å². The summed E-state index contributed by atoms with van der Waals surface area (Å²) in [6, 6.07) is 4.14. The Morgan fingerprint density at radius 1 is 1.53 bits per heavy atom. The van der Waals surface area contributed by atoms with E-state index in [1.165, 1.54) is 0 Å². The number of nitrogens with zero attached hydrogens (tertiary/aromatic N) is 2. The summed E-state index contributed by atoms with van der Waals surface area (Å²) < 4.78 is 5.11. The molecule has 4 heteroatoms. The minimum Gasteiger partial charge on any atom is -0.372 e. The molecule has 1 fully saturated rings. The van der Waals surface area contributed by atoms with Gasteiger partial charge in [-0.1, -0.05) is 0 Å². The molecule has 0 radical (unpaired) electrons. The lowest BCUT2D eigenvalue weighted by atomic mass is 10.1. The van der Waals surface area contributed by atoms with Crippen LogP contribution in [-0.2, 0) is 9.53 Å². The molecule has 0 saturated carbocycles. The van der Waals surface area contributed by atoms with Crippen LogP contribution in [0.3, 0.4) is 0 Å². The molecule has 1 amide bonds. The van der Waals surface area contributed by atoms with Crippen LogP contribution in [0.4, 0.5) is 0 Å². The number of hydrogen-bond acceptors (Lipinski definition) is 3. The first-order valence-corrected chi connectivity index (χ1v) is 5.97. The third kappa shape index (κ3) is 2.47. The van der Waals surface area contributed by atoms with Crippen molar-refractivity contribution in [1.82, 2.24) is 9.88 Å². The zero-order valence-electron chi connectivity index (χ0n) is 10.3. The van der Waals surface area contributed by atoms with E-state index in [-0.39, 0.29) is 18.1 Å². The van der Waals surface area contributed by atoms with Crippen molar-refractivity contribution >= 4 is 5.91 Å². The van der Waals surface area contributed by atoms with Gasteiger partial charge >= 0.3 is 0 Å². The van der Waals surface area contributed by atoms with Gasteiger partial charge in [0, 0.05) is 26.0 Å². The van der Waals surface area contributed by atoms with E-state index in [1.54, 1.807) is 26.4 Å². The molecule has 1 saturated heterocycles. The summed E-state index contributed by atoms with van der Waals surface area (Å²) >= 11 is 0. The number of likely N-dealkylation sites (tertiary alicyclic amines) is 1. The van der Waals surface area contributed by atoms with Gasteiger partial charge in [0.15, 0.2) is 0 Å². The smallest absolute Gasteiger partial charge is 0.251 e. The Balaban J connectivity index is 2.15. The lowest BCUT2D eigenvalue weighted by molar-refractivity contribution is -0.141. The molecule has 0 bridgehead atoms. The molecule has 17 heavy (non-hydrogen) atoms. The normalized spacial score (nSPS) is 21.5. The van der Waals surface area contributed by atoms with Gasteiger partial charge in [-0.15, -0.1) is 0 Å². The maximum absolute atomic E-state index is 12.1.